The van der Waals surface area contributed by atoms with Crippen LogP contribution in [-0.4, -0.2) is 36.6 Å². The van der Waals surface area contributed by atoms with E-state index >= 15 is 0 Å². The fourth-order valence-corrected chi connectivity index (χ4v) is 2.06. The molecule has 0 fully saturated rings. The number of nitrogens with two attached hydrogens (primary N) is 1. The van der Waals surface area contributed by atoms with Crippen molar-refractivity contribution in [3.8, 4) is 0 Å². The Balaban J connectivity index is 3.02. The Morgan fingerprint density at radius 3 is 2.61 bits per heavy atom. The van der Waals surface area contributed by atoms with Gasteiger partial charge in [0.1, 0.15) is 0 Å². The van der Waals surface area contributed by atoms with Gasteiger partial charge < -0.3 is 15.4 Å². The summed E-state index contributed by atoms with van der Waals surface area (Å²) in [5.41, 5.74) is 7.85. The topological polar surface area (TPSA) is 56.3 Å². The fourth-order valence-electron chi connectivity index (χ4n) is 2.06. The third-order valence-corrected chi connectivity index (χ3v) is 2.90. The van der Waals surface area contributed by atoms with Gasteiger partial charge >= 0.3 is 0 Å². The summed E-state index contributed by atoms with van der Waals surface area (Å²) < 4.78 is 7.16. The number of rotatable bonds is 7. The summed E-state index contributed by atoms with van der Waals surface area (Å²) >= 11 is 0. The number of hydrogen-bond acceptors (Lipinski definition) is 4. The number of aromatic nitrogens is 2. The molecule has 1 heterocycles. The predicted molar refractivity (Wildman–Crippen MR) is 76.0 cm³/mol. The molecule has 0 atom stereocenters. The fraction of sp³-hybridized carbons (Fsp3) is 0.769. The molecule has 2 N–H and O–H groups in total. The average molecular weight is 254 g/mol. The molecular formula is C13H26N4O. The molecule has 0 aliphatic rings. The summed E-state index contributed by atoms with van der Waals surface area (Å²) in [6, 6.07) is 0. The molecule has 104 valence electrons. The third-order valence-electron chi connectivity index (χ3n) is 2.90. The summed E-state index contributed by atoms with van der Waals surface area (Å²) in [4.78, 5) is 2.27. The normalized spacial score (nSPS) is 11.2. The molecule has 1 aromatic rings. The van der Waals surface area contributed by atoms with E-state index in [4.69, 9.17) is 10.5 Å². The van der Waals surface area contributed by atoms with Crippen molar-refractivity contribution in [2.75, 3.05) is 37.4 Å². The Kier molecular flexibility index (Phi) is 5.47. The van der Waals surface area contributed by atoms with Crippen molar-refractivity contribution < 1.29 is 4.74 Å². The summed E-state index contributed by atoms with van der Waals surface area (Å²) in [7, 11) is 1.72. The van der Waals surface area contributed by atoms with Crippen molar-refractivity contribution in [1.82, 2.24) is 9.78 Å². The molecule has 1 rings (SSSR count). The van der Waals surface area contributed by atoms with Crippen LogP contribution in [0, 0.1) is 12.8 Å². The molecule has 0 spiro atoms. The summed E-state index contributed by atoms with van der Waals surface area (Å²) in [6.07, 6.45) is 0. The minimum absolute atomic E-state index is 0.571. The van der Waals surface area contributed by atoms with Crippen LogP contribution in [0.15, 0.2) is 0 Å². The van der Waals surface area contributed by atoms with Crippen LogP contribution in [-0.2, 0) is 11.3 Å². The van der Waals surface area contributed by atoms with Gasteiger partial charge in [0.25, 0.3) is 0 Å². The Bertz CT molecular complexity index is 373. The monoisotopic (exact) mass is 254 g/mol. The van der Waals surface area contributed by atoms with E-state index < -0.39 is 0 Å². The molecule has 0 aliphatic heterocycles. The predicted octanol–water partition coefficient (Wildman–Crippen LogP) is 1.90. The van der Waals surface area contributed by atoms with E-state index in [1.165, 1.54) is 0 Å². The lowest BCUT2D eigenvalue weighted by atomic mass is 10.2. The van der Waals surface area contributed by atoms with Crippen molar-refractivity contribution >= 4 is 11.5 Å². The lowest BCUT2D eigenvalue weighted by Crippen LogP contribution is -2.33. The van der Waals surface area contributed by atoms with Crippen LogP contribution in [0.4, 0.5) is 11.5 Å². The first kappa shape index (κ1) is 14.8. The summed E-state index contributed by atoms with van der Waals surface area (Å²) in [5, 5.41) is 4.47. The minimum atomic E-state index is 0.571. The van der Waals surface area contributed by atoms with Gasteiger partial charge in [-0.2, -0.15) is 5.10 Å². The first-order valence-electron chi connectivity index (χ1n) is 6.58. The zero-order valence-corrected chi connectivity index (χ0v) is 12.2. The second-order valence-electron chi connectivity index (χ2n) is 4.97. The molecule has 0 radical (unpaired) electrons. The average Bonchev–Trinajstić information content (AvgIpc) is 2.60. The van der Waals surface area contributed by atoms with Crippen LogP contribution >= 0.6 is 0 Å². The van der Waals surface area contributed by atoms with Gasteiger partial charge in [-0.05, 0) is 19.8 Å². The largest absolute Gasteiger partial charge is 0.394 e. The highest BCUT2D eigenvalue weighted by Gasteiger charge is 2.19. The van der Waals surface area contributed by atoms with Crippen LogP contribution in [0.25, 0.3) is 0 Å². The van der Waals surface area contributed by atoms with Crippen LogP contribution in [0.5, 0.6) is 0 Å². The van der Waals surface area contributed by atoms with Crippen molar-refractivity contribution in [2.24, 2.45) is 5.92 Å². The molecule has 5 nitrogen and oxygen atoms in total. The maximum atomic E-state index is 6.16. The molecule has 0 amide bonds. The quantitative estimate of drug-likeness (QED) is 0.807. The third kappa shape index (κ3) is 3.38. The number of nitrogen functional groups attached to an aromatic ring is 1. The summed E-state index contributed by atoms with van der Waals surface area (Å²) in [5.74, 6) is 1.60. The van der Waals surface area contributed by atoms with Crippen LogP contribution in [0.1, 0.15) is 26.5 Å². The van der Waals surface area contributed by atoms with Crippen LogP contribution in [0.2, 0.25) is 0 Å². The van der Waals surface area contributed by atoms with Gasteiger partial charge in [-0.3, -0.25) is 0 Å². The maximum Gasteiger partial charge on any atom is 0.150 e. The number of methoxy groups -OCH3 is 1. The molecule has 0 unspecified atom stereocenters. The van der Waals surface area contributed by atoms with E-state index in [-0.39, 0.29) is 0 Å². The Hall–Kier alpha value is -1.23. The Labute approximate surface area is 110 Å². The van der Waals surface area contributed by atoms with E-state index in [1.807, 2.05) is 11.6 Å². The maximum absolute atomic E-state index is 6.16. The van der Waals surface area contributed by atoms with Crippen molar-refractivity contribution in [3.05, 3.63) is 5.69 Å². The highest BCUT2D eigenvalue weighted by molar-refractivity contribution is 5.66. The SMILES string of the molecule is CCn1nc(C)c(N)c1N(CCOC)CC(C)C. The van der Waals surface area contributed by atoms with E-state index in [0.717, 1.165) is 36.8 Å². The number of nitrogens with zero attached hydrogens (tertiary/aromatic N) is 3. The zero-order valence-electron chi connectivity index (χ0n) is 12.2. The van der Waals surface area contributed by atoms with E-state index in [0.29, 0.717) is 12.5 Å². The molecular weight excluding hydrogens is 228 g/mol. The molecule has 0 aliphatic carbocycles. The van der Waals surface area contributed by atoms with Crippen LogP contribution < -0.4 is 10.6 Å². The van der Waals surface area contributed by atoms with Crippen molar-refractivity contribution in [3.63, 3.8) is 0 Å². The lowest BCUT2D eigenvalue weighted by Gasteiger charge is -2.27. The van der Waals surface area contributed by atoms with Gasteiger partial charge in [-0.15, -0.1) is 0 Å². The molecule has 18 heavy (non-hydrogen) atoms. The molecule has 5 heteroatoms. The smallest absolute Gasteiger partial charge is 0.150 e. The number of ether oxygens (including phenoxy) is 1. The van der Waals surface area contributed by atoms with Gasteiger partial charge in [-0.1, -0.05) is 13.8 Å². The van der Waals surface area contributed by atoms with Gasteiger partial charge in [-0.25, -0.2) is 4.68 Å². The van der Waals surface area contributed by atoms with Gasteiger partial charge in [0.05, 0.1) is 18.0 Å². The highest BCUT2D eigenvalue weighted by atomic mass is 16.5. The second-order valence-corrected chi connectivity index (χ2v) is 4.97. The Morgan fingerprint density at radius 2 is 2.11 bits per heavy atom. The van der Waals surface area contributed by atoms with Gasteiger partial charge in [0.15, 0.2) is 5.82 Å². The standard InChI is InChI=1S/C13H26N4O/c1-6-17-13(12(14)11(4)15-17)16(7-8-18-5)9-10(2)3/h10H,6-9,14H2,1-5H3. The van der Waals surface area contributed by atoms with Crippen LogP contribution in [0.3, 0.4) is 0 Å². The van der Waals surface area contributed by atoms with E-state index in [9.17, 15) is 0 Å². The molecule has 1 aromatic heterocycles. The van der Waals surface area contributed by atoms with Crippen molar-refractivity contribution in [2.45, 2.75) is 34.2 Å². The Morgan fingerprint density at radius 1 is 1.44 bits per heavy atom. The zero-order chi connectivity index (χ0) is 13.7. The highest BCUT2D eigenvalue weighted by Crippen LogP contribution is 2.27. The van der Waals surface area contributed by atoms with Gasteiger partial charge in [0, 0.05) is 26.7 Å². The summed E-state index contributed by atoms with van der Waals surface area (Å²) in [6.45, 7) is 11.8. The first-order valence-corrected chi connectivity index (χ1v) is 6.58. The molecule has 0 aromatic carbocycles. The van der Waals surface area contributed by atoms with Crippen molar-refractivity contribution in [1.29, 1.82) is 0 Å². The number of hydrogen-bond donors (Lipinski definition) is 1. The van der Waals surface area contributed by atoms with Gasteiger partial charge in [0.2, 0.25) is 0 Å². The second kappa shape index (κ2) is 6.64. The molecule has 0 bridgehead atoms. The molecule has 0 saturated heterocycles. The van der Waals surface area contributed by atoms with E-state index in [2.05, 4.69) is 30.8 Å². The first-order chi connectivity index (χ1) is 8.51. The lowest BCUT2D eigenvalue weighted by molar-refractivity contribution is 0.204. The number of anilines is 2. The minimum Gasteiger partial charge on any atom is -0.394 e. The number of aryl methyl sites for hydroxylation is 2. The van der Waals surface area contributed by atoms with E-state index in [1.54, 1.807) is 7.11 Å². The molecule has 0 saturated carbocycles.